The Bertz CT molecular complexity index is 583. The second kappa shape index (κ2) is 8.15. The monoisotopic (exact) mass is 321 g/mol. The first-order valence-electron chi connectivity index (χ1n) is 8.36. The van der Waals surface area contributed by atoms with Crippen molar-refractivity contribution in [3.8, 4) is 0 Å². The second-order valence-corrected chi connectivity index (χ2v) is 6.33. The Morgan fingerprint density at radius 3 is 2.87 bits per heavy atom. The molecule has 0 spiro atoms. The van der Waals surface area contributed by atoms with E-state index < -0.39 is 0 Å². The highest BCUT2D eigenvalue weighted by Crippen LogP contribution is 2.19. The zero-order valence-electron chi connectivity index (χ0n) is 14.0. The summed E-state index contributed by atoms with van der Waals surface area (Å²) in [6, 6.07) is 5.21. The van der Waals surface area contributed by atoms with Crippen LogP contribution in [0.4, 0.5) is 4.79 Å². The highest BCUT2D eigenvalue weighted by Gasteiger charge is 2.28. The SMILES string of the molecule is Cc1cccc(=O)n1CCCCNC(=O)N1CC[C@H]([C@@H](C)O)C1. The van der Waals surface area contributed by atoms with E-state index in [1.807, 2.05) is 13.0 Å². The molecule has 128 valence electrons. The number of aliphatic hydroxyl groups excluding tert-OH is 1. The molecule has 2 amide bonds. The number of urea groups is 1. The first-order valence-corrected chi connectivity index (χ1v) is 8.36. The summed E-state index contributed by atoms with van der Waals surface area (Å²) >= 11 is 0. The lowest BCUT2D eigenvalue weighted by Crippen LogP contribution is -2.39. The average molecular weight is 321 g/mol. The number of carbonyl (C=O) groups is 1. The van der Waals surface area contributed by atoms with Gasteiger partial charge in [0.1, 0.15) is 0 Å². The number of rotatable bonds is 6. The maximum Gasteiger partial charge on any atom is 0.317 e. The van der Waals surface area contributed by atoms with Gasteiger partial charge in [0.2, 0.25) is 0 Å². The minimum absolute atomic E-state index is 0.0234. The second-order valence-electron chi connectivity index (χ2n) is 6.33. The van der Waals surface area contributed by atoms with Crippen LogP contribution in [0.5, 0.6) is 0 Å². The van der Waals surface area contributed by atoms with Gasteiger partial charge in [-0.2, -0.15) is 0 Å². The smallest absolute Gasteiger partial charge is 0.317 e. The molecule has 2 atom stereocenters. The number of hydrogen-bond acceptors (Lipinski definition) is 3. The van der Waals surface area contributed by atoms with Crippen molar-refractivity contribution in [3.63, 3.8) is 0 Å². The van der Waals surface area contributed by atoms with E-state index in [1.54, 1.807) is 28.5 Å². The Balaban J connectivity index is 1.66. The molecule has 0 aliphatic carbocycles. The Hall–Kier alpha value is -1.82. The predicted molar refractivity (Wildman–Crippen MR) is 89.4 cm³/mol. The van der Waals surface area contributed by atoms with Crippen molar-refractivity contribution in [1.82, 2.24) is 14.8 Å². The number of aromatic nitrogens is 1. The lowest BCUT2D eigenvalue weighted by molar-refractivity contribution is 0.129. The maximum atomic E-state index is 12.0. The predicted octanol–water partition coefficient (Wildman–Crippen LogP) is 1.35. The van der Waals surface area contributed by atoms with Gasteiger partial charge in [-0.1, -0.05) is 6.07 Å². The third-order valence-electron chi connectivity index (χ3n) is 4.55. The van der Waals surface area contributed by atoms with Crippen LogP contribution in [0, 0.1) is 12.8 Å². The Morgan fingerprint density at radius 1 is 1.43 bits per heavy atom. The zero-order chi connectivity index (χ0) is 16.8. The van der Waals surface area contributed by atoms with Crippen LogP contribution < -0.4 is 10.9 Å². The van der Waals surface area contributed by atoms with E-state index in [0.717, 1.165) is 25.0 Å². The maximum absolute atomic E-state index is 12.0. The summed E-state index contributed by atoms with van der Waals surface area (Å²) in [6.45, 7) is 6.32. The fourth-order valence-electron chi connectivity index (χ4n) is 2.98. The van der Waals surface area contributed by atoms with Crippen LogP contribution in [0.1, 0.15) is 31.9 Å². The van der Waals surface area contributed by atoms with Crippen molar-refractivity contribution in [2.75, 3.05) is 19.6 Å². The van der Waals surface area contributed by atoms with Crippen LogP contribution in [-0.4, -0.2) is 46.3 Å². The largest absolute Gasteiger partial charge is 0.393 e. The number of pyridine rings is 1. The number of likely N-dealkylation sites (tertiary alicyclic amines) is 1. The minimum atomic E-state index is -0.361. The number of aryl methyl sites for hydroxylation is 1. The molecule has 0 unspecified atom stereocenters. The number of unbranched alkanes of at least 4 members (excludes halogenated alkanes) is 1. The van der Waals surface area contributed by atoms with Crippen LogP contribution in [0.3, 0.4) is 0 Å². The van der Waals surface area contributed by atoms with Gasteiger partial charge >= 0.3 is 6.03 Å². The van der Waals surface area contributed by atoms with Crippen molar-refractivity contribution in [2.24, 2.45) is 5.92 Å². The molecule has 1 aromatic rings. The van der Waals surface area contributed by atoms with Crippen molar-refractivity contribution < 1.29 is 9.90 Å². The van der Waals surface area contributed by atoms with Gasteiger partial charge in [0, 0.05) is 43.9 Å². The Labute approximate surface area is 137 Å². The first kappa shape index (κ1) is 17.5. The number of aliphatic hydroxyl groups is 1. The van der Waals surface area contributed by atoms with Crippen LogP contribution in [0.2, 0.25) is 0 Å². The van der Waals surface area contributed by atoms with Gasteiger partial charge in [0.15, 0.2) is 0 Å². The van der Waals surface area contributed by atoms with Crippen LogP contribution in [-0.2, 0) is 6.54 Å². The molecule has 0 radical (unpaired) electrons. The summed E-state index contributed by atoms with van der Waals surface area (Å²) in [5.41, 5.74) is 0.984. The van der Waals surface area contributed by atoms with E-state index in [1.165, 1.54) is 0 Å². The number of nitrogens with zero attached hydrogens (tertiary/aromatic N) is 2. The number of nitrogens with one attached hydrogen (secondary N) is 1. The van der Waals surface area contributed by atoms with Crippen LogP contribution >= 0.6 is 0 Å². The van der Waals surface area contributed by atoms with Crippen molar-refractivity contribution in [3.05, 3.63) is 34.2 Å². The highest BCUT2D eigenvalue weighted by atomic mass is 16.3. The normalized spacial score (nSPS) is 18.9. The highest BCUT2D eigenvalue weighted by molar-refractivity contribution is 5.74. The summed E-state index contributed by atoms with van der Waals surface area (Å²) in [6.07, 6.45) is 2.18. The van der Waals surface area contributed by atoms with Crippen molar-refractivity contribution >= 4 is 6.03 Å². The standard InChI is InChI=1S/C17H27N3O3/c1-13-6-5-7-16(22)20(13)10-4-3-9-18-17(23)19-11-8-15(12-19)14(2)21/h5-7,14-15,21H,3-4,8-12H2,1-2H3,(H,18,23)/t14-,15+/m1/s1. The number of carbonyl (C=O) groups excluding carboxylic acids is 1. The molecule has 0 saturated carbocycles. The topological polar surface area (TPSA) is 74.6 Å². The third-order valence-corrected chi connectivity index (χ3v) is 4.55. The molecule has 6 nitrogen and oxygen atoms in total. The average Bonchev–Trinajstić information content (AvgIpc) is 2.99. The first-order chi connectivity index (χ1) is 11.0. The summed E-state index contributed by atoms with van der Waals surface area (Å²) in [7, 11) is 0. The van der Waals surface area contributed by atoms with Gasteiger partial charge in [-0.05, 0) is 39.2 Å². The van der Waals surface area contributed by atoms with Gasteiger partial charge in [0.05, 0.1) is 6.10 Å². The number of amides is 2. The fourth-order valence-corrected chi connectivity index (χ4v) is 2.98. The zero-order valence-corrected chi connectivity index (χ0v) is 14.0. The molecular weight excluding hydrogens is 294 g/mol. The molecule has 2 N–H and O–H groups in total. The molecular formula is C17H27N3O3. The lowest BCUT2D eigenvalue weighted by Gasteiger charge is -2.18. The molecule has 6 heteroatoms. The van der Waals surface area contributed by atoms with E-state index in [0.29, 0.717) is 26.2 Å². The van der Waals surface area contributed by atoms with Crippen molar-refractivity contribution in [2.45, 2.75) is 45.8 Å². The Morgan fingerprint density at radius 2 is 2.22 bits per heavy atom. The molecule has 1 aliphatic heterocycles. The van der Waals surface area contributed by atoms with E-state index in [-0.39, 0.29) is 23.6 Å². The fraction of sp³-hybridized carbons (Fsp3) is 0.647. The quantitative estimate of drug-likeness (QED) is 0.777. The molecule has 1 aromatic heterocycles. The molecule has 0 bridgehead atoms. The molecule has 1 saturated heterocycles. The van der Waals surface area contributed by atoms with Crippen LogP contribution in [0.25, 0.3) is 0 Å². The molecule has 0 aromatic carbocycles. The van der Waals surface area contributed by atoms with E-state index >= 15 is 0 Å². The summed E-state index contributed by atoms with van der Waals surface area (Å²) in [5.74, 6) is 0.189. The van der Waals surface area contributed by atoms with Gasteiger partial charge in [-0.25, -0.2) is 4.79 Å². The lowest BCUT2D eigenvalue weighted by atomic mass is 10.0. The van der Waals surface area contributed by atoms with E-state index in [2.05, 4.69) is 5.32 Å². The van der Waals surface area contributed by atoms with Gasteiger partial charge in [-0.15, -0.1) is 0 Å². The molecule has 2 rings (SSSR count). The summed E-state index contributed by atoms with van der Waals surface area (Å²) < 4.78 is 1.76. The Kier molecular flexibility index (Phi) is 6.21. The van der Waals surface area contributed by atoms with Crippen molar-refractivity contribution in [1.29, 1.82) is 0 Å². The van der Waals surface area contributed by atoms with Gasteiger partial charge < -0.3 is 19.9 Å². The van der Waals surface area contributed by atoms with E-state index in [4.69, 9.17) is 0 Å². The molecule has 1 fully saturated rings. The molecule has 2 heterocycles. The van der Waals surface area contributed by atoms with E-state index in [9.17, 15) is 14.7 Å². The van der Waals surface area contributed by atoms with Crippen LogP contribution in [0.15, 0.2) is 23.0 Å². The minimum Gasteiger partial charge on any atom is -0.393 e. The third kappa shape index (κ3) is 4.82. The molecule has 23 heavy (non-hydrogen) atoms. The summed E-state index contributed by atoms with van der Waals surface area (Å²) in [4.78, 5) is 25.5. The summed E-state index contributed by atoms with van der Waals surface area (Å²) in [5, 5.41) is 12.5. The number of hydrogen-bond donors (Lipinski definition) is 2. The van der Waals surface area contributed by atoms with Gasteiger partial charge in [-0.3, -0.25) is 4.79 Å². The molecule has 1 aliphatic rings. The van der Waals surface area contributed by atoms with Gasteiger partial charge in [0.25, 0.3) is 5.56 Å².